The molecule has 1 aliphatic heterocycles. The van der Waals surface area contributed by atoms with E-state index in [1.165, 1.54) is 0 Å². The highest BCUT2D eigenvalue weighted by Gasteiger charge is 2.28. The predicted molar refractivity (Wildman–Crippen MR) is 82.0 cm³/mol. The zero-order valence-corrected chi connectivity index (χ0v) is 12.7. The number of imidazole rings is 1. The topological polar surface area (TPSA) is 47.6 Å². The molecule has 0 N–H and O–H groups in total. The van der Waals surface area contributed by atoms with Crippen molar-refractivity contribution in [2.45, 2.75) is 19.9 Å². The summed E-state index contributed by atoms with van der Waals surface area (Å²) in [6.07, 6.45) is 2.00. The van der Waals surface area contributed by atoms with E-state index in [0.29, 0.717) is 0 Å². The van der Waals surface area contributed by atoms with Crippen molar-refractivity contribution in [2.75, 3.05) is 32.7 Å². The Hall–Kier alpha value is -1.90. The summed E-state index contributed by atoms with van der Waals surface area (Å²) >= 11 is 0. The third-order valence-corrected chi connectivity index (χ3v) is 4.35. The molecule has 1 saturated heterocycles. The summed E-state index contributed by atoms with van der Waals surface area (Å²) in [5, 5.41) is 9.71. The van der Waals surface area contributed by atoms with Gasteiger partial charge in [-0.25, -0.2) is 4.98 Å². The second-order valence-electron chi connectivity index (χ2n) is 5.51. The minimum atomic E-state index is -0.221. The number of hydrogen-bond acceptors (Lipinski definition) is 4. The fourth-order valence-electron chi connectivity index (χ4n) is 3.12. The van der Waals surface area contributed by atoms with Crippen LogP contribution in [0.5, 0.6) is 0 Å². The predicted octanol–water partition coefficient (Wildman–Crippen LogP) is 1.84. The number of pyridine rings is 1. The molecule has 2 aromatic rings. The lowest BCUT2D eigenvalue weighted by molar-refractivity contribution is 0.116. The molecule has 0 saturated carbocycles. The Bertz CT molecular complexity index is 661. The molecular weight excluding hydrogens is 262 g/mol. The van der Waals surface area contributed by atoms with Gasteiger partial charge in [0.1, 0.15) is 11.7 Å². The molecule has 0 bridgehead atoms. The molecule has 1 aliphatic rings. The normalized spacial score (nSPS) is 18.7. The zero-order chi connectivity index (χ0) is 14.8. The number of likely N-dealkylation sites (N-methyl/N-ethyl adjacent to an activating group) is 1. The number of aromatic nitrogens is 2. The van der Waals surface area contributed by atoms with Gasteiger partial charge in [0.2, 0.25) is 0 Å². The van der Waals surface area contributed by atoms with Crippen molar-refractivity contribution >= 4 is 5.65 Å². The Balaban J connectivity index is 1.93. The van der Waals surface area contributed by atoms with Gasteiger partial charge in [0.05, 0.1) is 17.5 Å². The Morgan fingerprint density at radius 2 is 2.05 bits per heavy atom. The van der Waals surface area contributed by atoms with Gasteiger partial charge in [-0.05, 0) is 25.6 Å². The van der Waals surface area contributed by atoms with E-state index in [1.54, 1.807) is 0 Å². The summed E-state index contributed by atoms with van der Waals surface area (Å²) < 4.78 is 2.05. The van der Waals surface area contributed by atoms with Crippen molar-refractivity contribution in [3.63, 3.8) is 0 Å². The van der Waals surface area contributed by atoms with Crippen LogP contribution in [0.3, 0.4) is 0 Å². The van der Waals surface area contributed by atoms with Gasteiger partial charge in [-0.1, -0.05) is 13.0 Å². The van der Waals surface area contributed by atoms with Crippen molar-refractivity contribution in [2.24, 2.45) is 0 Å². The van der Waals surface area contributed by atoms with Crippen molar-refractivity contribution in [3.8, 4) is 6.07 Å². The molecule has 5 heteroatoms. The molecule has 21 heavy (non-hydrogen) atoms. The van der Waals surface area contributed by atoms with Crippen LogP contribution in [0.25, 0.3) is 5.65 Å². The number of aryl methyl sites for hydroxylation is 1. The summed E-state index contributed by atoms with van der Waals surface area (Å²) in [7, 11) is 0. The molecule has 0 aromatic carbocycles. The molecule has 0 radical (unpaired) electrons. The lowest BCUT2D eigenvalue weighted by Gasteiger charge is -2.36. The number of nitrogens with zero attached hydrogens (tertiary/aromatic N) is 5. The molecule has 0 aliphatic carbocycles. The Morgan fingerprint density at radius 3 is 2.71 bits per heavy atom. The van der Waals surface area contributed by atoms with Crippen molar-refractivity contribution < 1.29 is 0 Å². The molecule has 1 unspecified atom stereocenters. The van der Waals surface area contributed by atoms with E-state index in [2.05, 4.69) is 32.2 Å². The lowest BCUT2D eigenvalue weighted by atomic mass is 10.1. The van der Waals surface area contributed by atoms with Gasteiger partial charge in [-0.2, -0.15) is 5.26 Å². The Kier molecular flexibility index (Phi) is 3.91. The van der Waals surface area contributed by atoms with Crippen LogP contribution in [0, 0.1) is 18.3 Å². The van der Waals surface area contributed by atoms with E-state index >= 15 is 0 Å². The number of piperazine rings is 1. The highest BCUT2D eigenvalue weighted by molar-refractivity contribution is 5.44. The van der Waals surface area contributed by atoms with Crippen LogP contribution >= 0.6 is 0 Å². The van der Waals surface area contributed by atoms with Crippen LogP contribution in [0.4, 0.5) is 0 Å². The SMILES string of the molecule is CCN1CCN(C(C#N)c2c(C)nc3ccccn23)CC1. The molecular formula is C16H21N5. The summed E-state index contributed by atoms with van der Waals surface area (Å²) in [6, 6.07) is 8.22. The molecule has 110 valence electrons. The first kappa shape index (κ1) is 14.1. The number of hydrogen-bond donors (Lipinski definition) is 0. The fraction of sp³-hybridized carbons (Fsp3) is 0.500. The third kappa shape index (κ3) is 2.53. The smallest absolute Gasteiger partial charge is 0.141 e. The van der Waals surface area contributed by atoms with Crippen molar-refractivity contribution in [1.82, 2.24) is 19.2 Å². The first-order valence-electron chi connectivity index (χ1n) is 7.54. The quantitative estimate of drug-likeness (QED) is 0.862. The first-order valence-corrected chi connectivity index (χ1v) is 7.54. The van der Waals surface area contributed by atoms with Crippen molar-refractivity contribution in [3.05, 3.63) is 35.8 Å². The number of rotatable bonds is 3. The third-order valence-electron chi connectivity index (χ3n) is 4.35. The van der Waals surface area contributed by atoms with Crippen LogP contribution in [0.15, 0.2) is 24.4 Å². The van der Waals surface area contributed by atoms with Gasteiger partial charge >= 0.3 is 0 Å². The number of fused-ring (bicyclic) bond motifs is 1. The van der Waals surface area contributed by atoms with E-state index in [-0.39, 0.29) is 6.04 Å². The van der Waals surface area contributed by atoms with E-state index in [9.17, 15) is 5.26 Å². The van der Waals surface area contributed by atoms with Gasteiger partial charge < -0.3 is 9.30 Å². The molecule has 5 nitrogen and oxygen atoms in total. The maximum atomic E-state index is 9.71. The monoisotopic (exact) mass is 283 g/mol. The summed E-state index contributed by atoms with van der Waals surface area (Å²) in [5.74, 6) is 0. The van der Waals surface area contributed by atoms with Gasteiger partial charge in [0.15, 0.2) is 0 Å². The lowest BCUT2D eigenvalue weighted by Crippen LogP contribution is -2.47. The second-order valence-corrected chi connectivity index (χ2v) is 5.51. The van der Waals surface area contributed by atoms with Gasteiger partial charge in [-0.3, -0.25) is 4.90 Å². The molecule has 2 aromatic heterocycles. The van der Waals surface area contributed by atoms with Crippen LogP contribution < -0.4 is 0 Å². The van der Waals surface area contributed by atoms with Gasteiger partial charge in [0.25, 0.3) is 0 Å². The highest BCUT2D eigenvalue weighted by atomic mass is 15.3. The van der Waals surface area contributed by atoms with Crippen LogP contribution in [-0.2, 0) is 0 Å². The molecule has 3 rings (SSSR count). The first-order chi connectivity index (χ1) is 10.2. The summed E-state index contributed by atoms with van der Waals surface area (Å²) in [4.78, 5) is 9.28. The molecule has 3 heterocycles. The van der Waals surface area contributed by atoms with Gasteiger partial charge in [-0.15, -0.1) is 0 Å². The average molecular weight is 283 g/mol. The largest absolute Gasteiger partial charge is 0.301 e. The standard InChI is InChI=1S/C16H21N5/c1-3-19-8-10-20(11-9-19)14(12-17)16-13(2)18-15-6-4-5-7-21(15)16/h4-7,14H,3,8-11H2,1-2H3. The maximum Gasteiger partial charge on any atom is 0.141 e. The minimum Gasteiger partial charge on any atom is -0.301 e. The average Bonchev–Trinajstić information content (AvgIpc) is 2.85. The Morgan fingerprint density at radius 1 is 1.29 bits per heavy atom. The Labute approximate surface area is 125 Å². The number of nitriles is 1. The van der Waals surface area contributed by atoms with Crippen LogP contribution in [-0.4, -0.2) is 51.9 Å². The van der Waals surface area contributed by atoms with Gasteiger partial charge in [0, 0.05) is 32.4 Å². The van der Waals surface area contributed by atoms with E-state index in [0.717, 1.165) is 49.8 Å². The molecule has 1 fully saturated rings. The molecule has 0 amide bonds. The summed E-state index contributed by atoms with van der Waals surface area (Å²) in [5.41, 5.74) is 2.88. The highest BCUT2D eigenvalue weighted by Crippen LogP contribution is 2.25. The summed E-state index contributed by atoms with van der Waals surface area (Å²) in [6.45, 7) is 9.20. The van der Waals surface area contributed by atoms with E-state index < -0.39 is 0 Å². The maximum absolute atomic E-state index is 9.71. The van der Waals surface area contributed by atoms with Crippen LogP contribution in [0.1, 0.15) is 24.4 Å². The molecule has 0 spiro atoms. The van der Waals surface area contributed by atoms with Crippen molar-refractivity contribution in [1.29, 1.82) is 5.26 Å². The fourth-order valence-corrected chi connectivity index (χ4v) is 3.12. The van der Waals surface area contributed by atoms with E-state index in [1.807, 2.05) is 31.3 Å². The minimum absolute atomic E-state index is 0.221. The second kappa shape index (κ2) is 5.84. The van der Waals surface area contributed by atoms with E-state index in [4.69, 9.17) is 0 Å². The molecule has 1 atom stereocenters. The zero-order valence-electron chi connectivity index (χ0n) is 12.7. The van der Waals surface area contributed by atoms with Crippen LogP contribution in [0.2, 0.25) is 0 Å².